The number of nitrogens with one attached hydrogen (secondary N) is 1. The molecule has 4 heteroatoms. The average Bonchev–Trinajstić information content (AvgIpc) is 2.86. The van der Waals surface area contributed by atoms with Crippen molar-refractivity contribution in [2.45, 2.75) is 38.6 Å². The molecule has 3 nitrogen and oxygen atoms in total. The second-order valence-electron chi connectivity index (χ2n) is 4.78. The molecule has 0 aromatic carbocycles. The molecule has 0 spiro atoms. The molecule has 0 saturated heterocycles. The van der Waals surface area contributed by atoms with Gasteiger partial charge in [-0.3, -0.25) is 5.10 Å². The summed E-state index contributed by atoms with van der Waals surface area (Å²) in [6.45, 7) is 1.09. The van der Waals surface area contributed by atoms with Crippen LogP contribution in [0.5, 0.6) is 0 Å². The molecule has 0 atom stereocenters. The van der Waals surface area contributed by atoms with Gasteiger partial charge in [0.25, 0.3) is 0 Å². The molecule has 1 N–H and O–H groups in total. The number of aromatic amines is 1. The van der Waals surface area contributed by atoms with Gasteiger partial charge in [0.05, 0.1) is 0 Å². The van der Waals surface area contributed by atoms with Crippen LogP contribution < -0.4 is 0 Å². The molecule has 0 radical (unpaired) electrons. The van der Waals surface area contributed by atoms with Crippen molar-refractivity contribution < 1.29 is 0 Å². The van der Waals surface area contributed by atoms with Gasteiger partial charge in [-0.1, -0.05) is 6.42 Å². The maximum Gasteiger partial charge on any atom is 0.194 e. The lowest BCUT2D eigenvalue weighted by molar-refractivity contribution is 0.0755. The second-order valence-corrected chi connectivity index (χ2v) is 5.17. The smallest absolute Gasteiger partial charge is 0.194 e. The summed E-state index contributed by atoms with van der Waals surface area (Å²) >= 11 is 5.18. The van der Waals surface area contributed by atoms with Gasteiger partial charge in [-0.05, 0) is 49.2 Å². The maximum atomic E-state index is 5.18. The third kappa shape index (κ3) is 1.24. The lowest BCUT2D eigenvalue weighted by Crippen LogP contribution is -2.36. The van der Waals surface area contributed by atoms with E-state index in [1.54, 1.807) is 0 Å². The highest BCUT2D eigenvalue weighted by molar-refractivity contribution is 7.71. The van der Waals surface area contributed by atoms with E-state index in [-0.39, 0.29) is 0 Å². The van der Waals surface area contributed by atoms with Crippen LogP contribution in [0.1, 0.15) is 32.1 Å². The van der Waals surface area contributed by atoms with Crippen LogP contribution in [0.4, 0.5) is 0 Å². The Morgan fingerprint density at radius 3 is 2.79 bits per heavy atom. The molecule has 1 aromatic heterocycles. The van der Waals surface area contributed by atoms with E-state index in [4.69, 9.17) is 12.2 Å². The quantitative estimate of drug-likeness (QED) is 0.776. The van der Waals surface area contributed by atoms with Crippen LogP contribution in [0, 0.1) is 16.1 Å². The van der Waals surface area contributed by atoms with Crippen molar-refractivity contribution in [1.82, 2.24) is 14.8 Å². The Bertz CT molecular complexity index is 384. The van der Waals surface area contributed by atoms with Crippen molar-refractivity contribution in [2.75, 3.05) is 0 Å². The monoisotopic (exact) mass is 209 g/mol. The first-order valence-electron chi connectivity index (χ1n) is 5.40. The van der Waals surface area contributed by atoms with Crippen LogP contribution >= 0.6 is 12.2 Å². The zero-order valence-corrected chi connectivity index (χ0v) is 9.02. The maximum absolute atomic E-state index is 5.18. The largest absolute Gasteiger partial charge is 0.306 e. The van der Waals surface area contributed by atoms with Gasteiger partial charge in [0.2, 0.25) is 0 Å². The Morgan fingerprint density at radius 1 is 1.57 bits per heavy atom. The van der Waals surface area contributed by atoms with E-state index < -0.39 is 0 Å². The third-order valence-corrected chi connectivity index (χ3v) is 4.22. The molecule has 76 valence electrons. The van der Waals surface area contributed by atoms with Crippen LogP contribution in [0.15, 0.2) is 6.33 Å². The Morgan fingerprint density at radius 2 is 2.36 bits per heavy atom. The van der Waals surface area contributed by atoms with Gasteiger partial charge in [-0.15, -0.1) is 0 Å². The summed E-state index contributed by atoms with van der Waals surface area (Å²) in [6, 6.07) is 0. The summed E-state index contributed by atoms with van der Waals surface area (Å²) in [7, 11) is 0. The predicted octanol–water partition coefficient (Wildman–Crippen LogP) is 2.52. The molecule has 2 aliphatic carbocycles. The Labute approximate surface area is 88.5 Å². The van der Waals surface area contributed by atoms with E-state index in [2.05, 4.69) is 14.8 Å². The van der Waals surface area contributed by atoms with Gasteiger partial charge in [0.15, 0.2) is 4.77 Å². The topological polar surface area (TPSA) is 33.6 Å². The minimum absolute atomic E-state index is 0.585. The number of H-pyrrole nitrogens is 1. The van der Waals surface area contributed by atoms with Gasteiger partial charge in [0, 0.05) is 6.54 Å². The van der Waals surface area contributed by atoms with Crippen LogP contribution in [0.2, 0.25) is 0 Å². The molecule has 0 amide bonds. The molecule has 14 heavy (non-hydrogen) atoms. The lowest BCUT2D eigenvalue weighted by Gasteiger charge is -2.42. The van der Waals surface area contributed by atoms with E-state index in [9.17, 15) is 0 Å². The van der Waals surface area contributed by atoms with Gasteiger partial charge >= 0.3 is 0 Å². The molecule has 1 aromatic rings. The molecule has 2 aliphatic rings. The van der Waals surface area contributed by atoms with Gasteiger partial charge in [-0.2, -0.15) is 5.10 Å². The molecular formula is C10H15N3S. The number of hydrogen-bond acceptors (Lipinski definition) is 2. The summed E-state index contributed by atoms with van der Waals surface area (Å²) in [5.41, 5.74) is 0.585. The zero-order valence-electron chi connectivity index (χ0n) is 8.20. The Kier molecular flexibility index (Phi) is 1.81. The highest BCUT2D eigenvalue weighted by atomic mass is 32.1. The summed E-state index contributed by atoms with van der Waals surface area (Å²) in [5.74, 6) is 0.980. The van der Waals surface area contributed by atoms with E-state index in [0.29, 0.717) is 5.41 Å². The Hall–Kier alpha value is -0.640. The standard InChI is InChI=1S/C10H15N3S/c14-9-12-11-7-13(9)6-10(4-1-5-10)8-2-3-8/h7-8H,1-6H2,(H,12,14). The van der Waals surface area contributed by atoms with E-state index in [1.807, 2.05) is 6.33 Å². The molecule has 0 unspecified atom stereocenters. The van der Waals surface area contributed by atoms with E-state index >= 15 is 0 Å². The highest BCUT2D eigenvalue weighted by Gasteiger charge is 2.49. The SMILES string of the molecule is S=c1[nH]ncn1CC1(C2CC2)CCC1. The zero-order chi connectivity index (χ0) is 9.60. The Balaban J connectivity index is 1.82. The molecule has 3 rings (SSSR count). The van der Waals surface area contributed by atoms with Crippen molar-refractivity contribution >= 4 is 12.2 Å². The van der Waals surface area contributed by atoms with Crippen LogP contribution in [0.3, 0.4) is 0 Å². The van der Waals surface area contributed by atoms with Crippen LogP contribution in [0.25, 0.3) is 0 Å². The number of rotatable bonds is 3. The third-order valence-electron chi connectivity index (χ3n) is 3.90. The average molecular weight is 209 g/mol. The van der Waals surface area contributed by atoms with E-state index in [1.165, 1.54) is 32.1 Å². The van der Waals surface area contributed by atoms with Gasteiger partial charge < -0.3 is 4.57 Å². The van der Waals surface area contributed by atoms with Crippen LogP contribution in [-0.4, -0.2) is 14.8 Å². The fraction of sp³-hybridized carbons (Fsp3) is 0.800. The van der Waals surface area contributed by atoms with Crippen molar-refractivity contribution in [3.05, 3.63) is 11.1 Å². The van der Waals surface area contributed by atoms with Gasteiger partial charge in [-0.25, -0.2) is 0 Å². The fourth-order valence-electron chi connectivity index (χ4n) is 2.74. The number of aromatic nitrogens is 3. The van der Waals surface area contributed by atoms with Crippen molar-refractivity contribution in [3.8, 4) is 0 Å². The molecule has 2 fully saturated rings. The highest BCUT2D eigenvalue weighted by Crippen LogP contribution is 2.57. The molecule has 2 saturated carbocycles. The molecule has 0 aliphatic heterocycles. The summed E-state index contributed by atoms with van der Waals surface area (Å²) in [4.78, 5) is 0. The predicted molar refractivity (Wildman–Crippen MR) is 56.4 cm³/mol. The number of hydrogen-bond donors (Lipinski definition) is 1. The molecule has 1 heterocycles. The lowest BCUT2D eigenvalue weighted by atomic mass is 9.65. The molecule has 0 bridgehead atoms. The van der Waals surface area contributed by atoms with Gasteiger partial charge in [0.1, 0.15) is 6.33 Å². The first-order chi connectivity index (χ1) is 6.80. The first-order valence-corrected chi connectivity index (χ1v) is 5.81. The fourth-order valence-corrected chi connectivity index (χ4v) is 2.91. The van der Waals surface area contributed by atoms with Crippen molar-refractivity contribution in [1.29, 1.82) is 0 Å². The molecular weight excluding hydrogens is 194 g/mol. The number of nitrogens with zero attached hydrogens (tertiary/aromatic N) is 2. The second kappa shape index (κ2) is 2.92. The normalized spacial score (nSPS) is 24.6. The minimum atomic E-state index is 0.585. The van der Waals surface area contributed by atoms with Crippen molar-refractivity contribution in [2.24, 2.45) is 11.3 Å². The summed E-state index contributed by atoms with van der Waals surface area (Å²) in [5, 5.41) is 6.80. The van der Waals surface area contributed by atoms with Crippen LogP contribution in [-0.2, 0) is 6.54 Å². The summed E-state index contributed by atoms with van der Waals surface area (Å²) < 4.78 is 2.88. The van der Waals surface area contributed by atoms with Crippen molar-refractivity contribution in [3.63, 3.8) is 0 Å². The first kappa shape index (κ1) is 8.65. The minimum Gasteiger partial charge on any atom is -0.306 e. The van der Waals surface area contributed by atoms with E-state index in [0.717, 1.165) is 17.2 Å². The summed E-state index contributed by atoms with van der Waals surface area (Å²) in [6.07, 6.45) is 8.90.